The highest BCUT2D eigenvalue weighted by molar-refractivity contribution is 5.87. The lowest BCUT2D eigenvalue weighted by molar-refractivity contribution is 0.0697. The largest absolute Gasteiger partial charge is 0.478 e. The average Bonchev–Trinajstić information content (AvgIpc) is 2.77. The molecule has 1 N–H and O–H groups in total. The van der Waals surface area contributed by atoms with E-state index >= 15 is 0 Å². The fourth-order valence-corrected chi connectivity index (χ4v) is 3.29. The third-order valence-corrected chi connectivity index (χ3v) is 4.91. The topological polar surface area (TPSA) is 72.2 Å². The van der Waals surface area contributed by atoms with Gasteiger partial charge in [0, 0.05) is 0 Å². The molecule has 0 aliphatic carbocycles. The van der Waals surface area contributed by atoms with Crippen molar-refractivity contribution in [3.63, 3.8) is 0 Å². The van der Waals surface area contributed by atoms with Crippen molar-refractivity contribution in [1.82, 2.24) is 9.55 Å². The molecule has 0 bridgehead atoms. The SMILES string of the molecule is O=C(O)c1ccc(Cn2cnc3ccc(/C=C/Cc4ccccc4)cc3c2=O)cc1. The zero-order valence-corrected chi connectivity index (χ0v) is 16.2. The highest BCUT2D eigenvalue weighted by Gasteiger charge is 2.07. The second-order valence-corrected chi connectivity index (χ2v) is 7.05. The number of carboxylic acids is 1. The first-order valence-corrected chi connectivity index (χ1v) is 9.62. The van der Waals surface area contributed by atoms with E-state index in [4.69, 9.17) is 5.11 Å². The first-order chi connectivity index (χ1) is 14.6. The van der Waals surface area contributed by atoms with Crippen LogP contribution < -0.4 is 5.56 Å². The van der Waals surface area contributed by atoms with Crippen molar-refractivity contribution in [3.8, 4) is 0 Å². The van der Waals surface area contributed by atoms with Crippen molar-refractivity contribution >= 4 is 22.9 Å². The van der Waals surface area contributed by atoms with E-state index in [1.807, 2.05) is 42.5 Å². The van der Waals surface area contributed by atoms with Gasteiger partial charge in [-0.05, 0) is 47.4 Å². The van der Waals surface area contributed by atoms with Crippen LogP contribution in [0.1, 0.15) is 27.0 Å². The van der Waals surface area contributed by atoms with Crippen molar-refractivity contribution in [1.29, 1.82) is 0 Å². The molecule has 148 valence electrons. The van der Waals surface area contributed by atoms with E-state index in [0.29, 0.717) is 17.4 Å². The summed E-state index contributed by atoms with van der Waals surface area (Å²) in [6.45, 7) is 0.329. The van der Waals surface area contributed by atoms with E-state index in [0.717, 1.165) is 17.5 Å². The molecule has 4 rings (SSSR count). The Hall–Kier alpha value is -3.99. The Balaban J connectivity index is 1.57. The van der Waals surface area contributed by atoms with Gasteiger partial charge in [-0.3, -0.25) is 9.36 Å². The van der Waals surface area contributed by atoms with Gasteiger partial charge >= 0.3 is 5.97 Å². The normalized spacial score (nSPS) is 11.2. The fraction of sp³-hybridized carbons (Fsp3) is 0.0800. The maximum absolute atomic E-state index is 13.0. The zero-order chi connectivity index (χ0) is 20.9. The minimum Gasteiger partial charge on any atom is -0.478 e. The van der Waals surface area contributed by atoms with E-state index in [2.05, 4.69) is 23.2 Å². The Morgan fingerprint density at radius 1 is 0.967 bits per heavy atom. The van der Waals surface area contributed by atoms with Crippen LogP contribution in [0.3, 0.4) is 0 Å². The molecule has 0 atom stereocenters. The molecule has 0 amide bonds. The molecule has 4 aromatic rings. The molecule has 1 heterocycles. The van der Waals surface area contributed by atoms with Gasteiger partial charge in [0.05, 0.1) is 29.3 Å². The second kappa shape index (κ2) is 8.57. The van der Waals surface area contributed by atoms with Gasteiger partial charge in [-0.1, -0.05) is 60.7 Å². The number of allylic oxidation sites excluding steroid dienone is 1. The molecule has 0 aliphatic rings. The minimum absolute atomic E-state index is 0.124. The Morgan fingerprint density at radius 2 is 1.73 bits per heavy atom. The summed E-state index contributed by atoms with van der Waals surface area (Å²) in [6.07, 6.45) is 6.44. The average molecular weight is 396 g/mol. The highest BCUT2D eigenvalue weighted by atomic mass is 16.4. The number of benzene rings is 3. The third-order valence-electron chi connectivity index (χ3n) is 4.91. The molecule has 5 nitrogen and oxygen atoms in total. The summed E-state index contributed by atoms with van der Waals surface area (Å²) in [5.41, 5.74) is 3.75. The summed E-state index contributed by atoms with van der Waals surface area (Å²) in [6, 6.07) is 22.3. The van der Waals surface area contributed by atoms with Crippen molar-refractivity contribution < 1.29 is 9.90 Å². The number of hydrogen-bond acceptors (Lipinski definition) is 3. The van der Waals surface area contributed by atoms with E-state index in [1.54, 1.807) is 12.1 Å². The molecule has 0 saturated heterocycles. The summed E-state index contributed by atoms with van der Waals surface area (Å²) < 4.78 is 1.54. The van der Waals surface area contributed by atoms with Crippen molar-refractivity contribution in [3.05, 3.63) is 118 Å². The van der Waals surface area contributed by atoms with Crippen molar-refractivity contribution in [2.45, 2.75) is 13.0 Å². The van der Waals surface area contributed by atoms with Crippen LogP contribution in [0.15, 0.2) is 90.0 Å². The molecule has 3 aromatic carbocycles. The van der Waals surface area contributed by atoms with Crippen LogP contribution in [0.2, 0.25) is 0 Å². The monoisotopic (exact) mass is 396 g/mol. The number of carbonyl (C=O) groups is 1. The summed E-state index contributed by atoms with van der Waals surface area (Å²) in [7, 11) is 0. The number of aromatic nitrogens is 2. The Morgan fingerprint density at radius 3 is 2.47 bits per heavy atom. The van der Waals surface area contributed by atoms with Gasteiger partial charge in [-0.2, -0.15) is 0 Å². The standard InChI is InChI=1S/C25H20N2O3/c28-24-22-15-19(8-4-7-18-5-2-1-3-6-18)11-14-23(22)26-17-27(24)16-20-9-12-21(13-10-20)25(29)30/h1-6,8-15,17H,7,16H2,(H,29,30)/b8-4+. The first-order valence-electron chi connectivity index (χ1n) is 9.62. The fourth-order valence-electron chi connectivity index (χ4n) is 3.29. The van der Waals surface area contributed by atoms with E-state index in [-0.39, 0.29) is 11.1 Å². The summed E-state index contributed by atoms with van der Waals surface area (Å²) in [5.74, 6) is -0.973. The number of fused-ring (bicyclic) bond motifs is 1. The van der Waals surface area contributed by atoms with Crippen LogP contribution in [0.4, 0.5) is 0 Å². The van der Waals surface area contributed by atoms with Gasteiger partial charge < -0.3 is 5.11 Å². The van der Waals surface area contributed by atoms with Gasteiger partial charge in [0.2, 0.25) is 0 Å². The number of carboxylic acid groups (broad SMARTS) is 1. The molecule has 30 heavy (non-hydrogen) atoms. The zero-order valence-electron chi connectivity index (χ0n) is 16.2. The molecule has 0 aliphatic heterocycles. The third kappa shape index (κ3) is 4.36. The van der Waals surface area contributed by atoms with E-state index < -0.39 is 5.97 Å². The lowest BCUT2D eigenvalue weighted by Crippen LogP contribution is -2.21. The predicted molar refractivity (Wildman–Crippen MR) is 118 cm³/mol. The molecule has 0 unspecified atom stereocenters. The Kier molecular flexibility index (Phi) is 5.52. The number of nitrogens with zero attached hydrogens (tertiary/aromatic N) is 2. The molecular weight excluding hydrogens is 376 g/mol. The molecule has 0 saturated carbocycles. The molecular formula is C25H20N2O3. The van der Waals surface area contributed by atoms with E-state index in [1.165, 1.54) is 28.6 Å². The maximum atomic E-state index is 13.0. The summed E-state index contributed by atoms with van der Waals surface area (Å²) in [4.78, 5) is 28.3. The maximum Gasteiger partial charge on any atom is 0.335 e. The lowest BCUT2D eigenvalue weighted by atomic mass is 10.1. The van der Waals surface area contributed by atoms with Crippen LogP contribution in [0, 0.1) is 0 Å². The molecule has 5 heteroatoms. The van der Waals surface area contributed by atoms with Crippen LogP contribution in [0.25, 0.3) is 17.0 Å². The van der Waals surface area contributed by atoms with Crippen molar-refractivity contribution in [2.24, 2.45) is 0 Å². The van der Waals surface area contributed by atoms with Crippen LogP contribution in [-0.2, 0) is 13.0 Å². The number of rotatable bonds is 6. The Bertz CT molecular complexity index is 1270. The smallest absolute Gasteiger partial charge is 0.335 e. The summed E-state index contributed by atoms with van der Waals surface area (Å²) >= 11 is 0. The molecule has 0 radical (unpaired) electrons. The highest BCUT2D eigenvalue weighted by Crippen LogP contribution is 2.13. The van der Waals surface area contributed by atoms with Crippen LogP contribution in [0.5, 0.6) is 0 Å². The lowest BCUT2D eigenvalue weighted by Gasteiger charge is -2.08. The van der Waals surface area contributed by atoms with Crippen LogP contribution in [-0.4, -0.2) is 20.6 Å². The second-order valence-electron chi connectivity index (χ2n) is 7.05. The van der Waals surface area contributed by atoms with Crippen LogP contribution >= 0.6 is 0 Å². The molecule has 0 spiro atoms. The van der Waals surface area contributed by atoms with Crippen molar-refractivity contribution in [2.75, 3.05) is 0 Å². The van der Waals surface area contributed by atoms with Gasteiger partial charge in [0.1, 0.15) is 0 Å². The summed E-state index contributed by atoms with van der Waals surface area (Å²) in [5, 5.41) is 9.57. The first kappa shape index (κ1) is 19.3. The van der Waals surface area contributed by atoms with Gasteiger partial charge in [0.15, 0.2) is 0 Å². The van der Waals surface area contributed by atoms with Gasteiger partial charge in [-0.15, -0.1) is 0 Å². The predicted octanol–water partition coefficient (Wildman–Crippen LogP) is 4.40. The minimum atomic E-state index is -0.973. The molecule has 1 aromatic heterocycles. The number of hydrogen-bond donors (Lipinski definition) is 1. The van der Waals surface area contributed by atoms with Gasteiger partial charge in [0.25, 0.3) is 5.56 Å². The molecule has 0 fully saturated rings. The van der Waals surface area contributed by atoms with Gasteiger partial charge in [-0.25, -0.2) is 9.78 Å². The number of aromatic carboxylic acids is 1. The Labute approximate surface area is 173 Å². The quantitative estimate of drug-likeness (QED) is 0.524. The van der Waals surface area contributed by atoms with E-state index in [9.17, 15) is 9.59 Å².